The van der Waals surface area contributed by atoms with Gasteiger partial charge in [0.2, 0.25) is 0 Å². The molecule has 16 heavy (non-hydrogen) atoms. The molecule has 4 N–H and O–H groups in total. The average Bonchev–Trinajstić information content (AvgIpc) is 2.12. The Morgan fingerprint density at radius 2 is 1.62 bits per heavy atom. The smallest absolute Gasteiger partial charge is 0.133 e. The fourth-order valence-corrected chi connectivity index (χ4v) is 1.39. The fourth-order valence-electron chi connectivity index (χ4n) is 1.39. The lowest BCUT2D eigenvalue weighted by molar-refractivity contribution is 0.488. The SMILES string of the molecule is Cl.NCCC[C@@H](N)c1c(F)cc(F)cc1F. The third-order valence-electron chi connectivity index (χ3n) is 2.13. The first kappa shape index (κ1) is 15.2. The van der Waals surface area contributed by atoms with Gasteiger partial charge in [0.1, 0.15) is 17.5 Å². The van der Waals surface area contributed by atoms with Crippen LogP contribution >= 0.6 is 12.4 Å². The molecule has 0 fully saturated rings. The van der Waals surface area contributed by atoms with Gasteiger partial charge in [0, 0.05) is 23.7 Å². The van der Waals surface area contributed by atoms with E-state index in [4.69, 9.17) is 11.5 Å². The normalized spacial score (nSPS) is 12.1. The van der Waals surface area contributed by atoms with Crippen LogP contribution in [0.15, 0.2) is 12.1 Å². The Morgan fingerprint density at radius 3 is 2.06 bits per heavy atom. The molecule has 0 aliphatic heterocycles. The lowest BCUT2D eigenvalue weighted by atomic mass is 10.0. The summed E-state index contributed by atoms with van der Waals surface area (Å²) in [6.07, 6.45) is 0.938. The van der Waals surface area contributed by atoms with Crippen LogP contribution < -0.4 is 11.5 Å². The summed E-state index contributed by atoms with van der Waals surface area (Å²) in [5.74, 6) is -2.84. The van der Waals surface area contributed by atoms with E-state index in [1.807, 2.05) is 0 Å². The zero-order valence-electron chi connectivity index (χ0n) is 8.55. The lowest BCUT2D eigenvalue weighted by Gasteiger charge is -2.13. The first-order chi connectivity index (χ1) is 7.06. The summed E-state index contributed by atoms with van der Waals surface area (Å²) in [5, 5.41) is 0. The van der Waals surface area contributed by atoms with E-state index >= 15 is 0 Å². The summed E-state index contributed by atoms with van der Waals surface area (Å²) in [7, 11) is 0. The number of nitrogens with two attached hydrogens (primary N) is 2. The highest BCUT2D eigenvalue weighted by atomic mass is 35.5. The van der Waals surface area contributed by atoms with E-state index in [0.29, 0.717) is 31.5 Å². The zero-order valence-corrected chi connectivity index (χ0v) is 9.37. The quantitative estimate of drug-likeness (QED) is 0.866. The van der Waals surface area contributed by atoms with Crippen LogP contribution in [0.1, 0.15) is 24.4 Å². The predicted octanol–water partition coefficient (Wildman–Crippen LogP) is 2.26. The molecular formula is C10H14ClF3N2. The van der Waals surface area contributed by atoms with Gasteiger partial charge in [-0.15, -0.1) is 12.4 Å². The lowest BCUT2D eigenvalue weighted by Crippen LogP contribution is -2.16. The van der Waals surface area contributed by atoms with Crippen molar-refractivity contribution >= 4 is 12.4 Å². The number of rotatable bonds is 4. The van der Waals surface area contributed by atoms with Crippen LogP contribution in [-0.2, 0) is 0 Å². The summed E-state index contributed by atoms with van der Waals surface area (Å²) < 4.78 is 39.0. The number of benzene rings is 1. The van der Waals surface area contributed by atoms with E-state index in [1.165, 1.54) is 0 Å². The molecule has 0 saturated carbocycles. The molecule has 0 heterocycles. The Labute approximate surface area is 98.2 Å². The molecule has 6 heteroatoms. The molecule has 0 aliphatic carbocycles. The Bertz CT molecular complexity index is 324. The molecule has 2 nitrogen and oxygen atoms in total. The van der Waals surface area contributed by atoms with Gasteiger partial charge in [0.05, 0.1) is 0 Å². The highest BCUT2D eigenvalue weighted by Gasteiger charge is 2.17. The van der Waals surface area contributed by atoms with Crippen LogP contribution in [0.4, 0.5) is 13.2 Å². The van der Waals surface area contributed by atoms with E-state index in [-0.39, 0.29) is 18.0 Å². The summed E-state index contributed by atoms with van der Waals surface area (Å²) in [5.41, 5.74) is 10.6. The maximum absolute atomic E-state index is 13.2. The van der Waals surface area contributed by atoms with Crippen LogP contribution in [0.3, 0.4) is 0 Å². The van der Waals surface area contributed by atoms with Crippen LogP contribution in [-0.4, -0.2) is 6.54 Å². The zero-order chi connectivity index (χ0) is 11.4. The van der Waals surface area contributed by atoms with Crippen molar-refractivity contribution in [1.29, 1.82) is 0 Å². The molecule has 0 unspecified atom stereocenters. The van der Waals surface area contributed by atoms with Gasteiger partial charge in [0.15, 0.2) is 0 Å². The number of hydrogen-bond donors (Lipinski definition) is 2. The van der Waals surface area contributed by atoms with Crippen molar-refractivity contribution in [3.05, 3.63) is 35.1 Å². The van der Waals surface area contributed by atoms with Crippen LogP contribution in [0.5, 0.6) is 0 Å². The first-order valence-electron chi connectivity index (χ1n) is 4.66. The molecule has 92 valence electrons. The molecule has 0 spiro atoms. The second-order valence-corrected chi connectivity index (χ2v) is 3.32. The van der Waals surface area contributed by atoms with Crippen LogP contribution in [0.25, 0.3) is 0 Å². The molecule has 0 saturated heterocycles. The van der Waals surface area contributed by atoms with E-state index in [0.717, 1.165) is 0 Å². The molecule has 0 bridgehead atoms. The summed E-state index contributed by atoms with van der Waals surface area (Å²) in [4.78, 5) is 0. The molecular weight excluding hydrogens is 241 g/mol. The molecule has 0 aromatic heterocycles. The Kier molecular flexibility index (Phi) is 6.40. The molecule has 1 aromatic carbocycles. The van der Waals surface area contributed by atoms with Crippen molar-refractivity contribution < 1.29 is 13.2 Å². The van der Waals surface area contributed by atoms with Gasteiger partial charge in [-0.25, -0.2) is 13.2 Å². The third kappa shape index (κ3) is 3.66. The van der Waals surface area contributed by atoms with Crippen molar-refractivity contribution in [2.24, 2.45) is 11.5 Å². The molecule has 1 rings (SSSR count). The van der Waals surface area contributed by atoms with Gasteiger partial charge in [-0.05, 0) is 19.4 Å². The third-order valence-corrected chi connectivity index (χ3v) is 2.13. The van der Waals surface area contributed by atoms with Gasteiger partial charge in [-0.3, -0.25) is 0 Å². The van der Waals surface area contributed by atoms with Gasteiger partial charge in [-0.2, -0.15) is 0 Å². The van der Waals surface area contributed by atoms with E-state index < -0.39 is 23.5 Å². The van der Waals surface area contributed by atoms with Gasteiger partial charge in [-0.1, -0.05) is 0 Å². The van der Waals surface area contributed by atoms with Crippen molar-refractivity contribution in [3.8, 4) is 0 Å². The Morgan fingerprint density at radius 1 is 1.12 bits per heavy atom. The van der Waals surface area contributed by atoms with Crippen LogP contribution in [0, 0.1) is 17.5 Å². The van der Waals surface area contributed by atoms with Gasteiger partial charge < -0.3 is 11.5 Å². The number of halogens is 4. The van der Waals surface area contributed by atoms with E-state index in [2.05, 4.69) is 0 Å². The largest absolute Gasteiger partial charge is 0.330 e. The minimum absolute atomic E-state index is 0. The van der Waals surface area contributed by atoms with Crippen molar-refractivity contribution in [2.75, 3.05) is 6.54 Å². The second kappa shape index (κ2) is 6.73. The minimum Gasteiger partial charge on any atom is -0.330 e. The van der Waals surface area contributed by atoms with Gasteiger partial charge in [0.25, 0.3) is 0 Å². The minimum atomic E-state index is -0.947. The second-order valence-electron chi connectivity index (χ2n) is 3.32. The monoisotopic (exact) mass is 254 g/mol. The molecule has 0 amide bonds. The van der Waals surface area contributed by atoms with Crippen molar-refractivity contribution in [1.82, 2.24) is 0 Å². The fraction of sp³-hybridized carbons (Fsp3) is 0.400. The highest BCUT2D eigenvalue weighted by Crippen LogP contribution is 2.23. The Hall–Kier alpha value is -0.780. The maximum Gasteiger partial charge on any atom is 0.133 e. The highest BCUT2D eigenvalue weighted by molar-refractivity contribution is 5.85. The summed E-state index contributed by atoms with van der Waals surface area (Å²) in [6.45, 7) is 0.401. The molecule has 0 aliphatic rings. The number of hydrogen-bond acceptors (Lipinski definition) is 2. The van der Waals surface area contributed by atoms with E-state index in [9.17, 15) is 13.2 Å². The van der Waals surface area contributed by atoms with Crippen LogP contribution in [0.2, 0.25) is 0 Å². The van der Waals surface area contributed by atoms with Crippen molar-refractivity contribution in [3.63, 3.8) is 0 Å². The average molecular weight is 255 g/mol. The van der Waals surface area contributed by atoms with Crippen molar-refractivity contribution in [2.45, 2.75) is 18.9 Å². The molecule has 1 aromatic rings. The first-order valence-corrected chi connectivity index (χ1v) is 4.66. The van der Waals surface area contributed by atoms with E-state index in [1.54, 1.807) is 0 Å². The molecule has 0 radical (unpaired) electrons. The Balaban J connectivity index is 0.00000225. The standard InChI is InChI=1S/C10H13F3N2.ClH/c11-6-4-7(12)10(8(13)5-6)9(15)2-1-3-14;/h4-5,9H,1-3,14-15H2;1H/t9-;/m1./s1. The topological polar surface area (TPSA) is 52.0 Å². The predicted molar refractivity (Wildman–Crippen MR) is 58.8 cm³/mol. The summed E-state index contributed by atoms with van der Waals surface area (Å²) >= 11 is 0. The summed E-state index contributed by atoms with van der Waals surface area (Å²) in [6, 6.07) is 0.468. The molecule has 1 atom stereocenters. The van der Waals surface area contributed by atoms with Gasteiger partial charge >= 0.3 is 0 Å². The maximum atomic E-state index is 13.2.